The maximum atomic E-state index is 5.82. The summed E-state index contributed by atoms with van der Waals surface area (Å²) in [6.45, 7) is 4.54. The Bertz CT molecular complexity index is 530. The maximum Gasteiger partial charge on any atom is 0.152 e. The quantitative estimate of drug-likeness (QED) is 0.842. The normalized spacial score (nSPS) is 16.4. The summed E-state index contributed by atoms with van der Waals surface area (Å²) < 4.78 is 2.08. The second kappa shape index (κ2) is 4.38. The highest BCUT2D eigenvalue weighted by molar-refractivity contribution is 5.40. The van der Waals surface area contributed by atoms with Crippen molar-refractivity contribution in [1.29, 1.82) is 0 Å². The van der Waals surface area contributed by atoms with Crippen LogP contribution >= 0.6 is 0 Å². The lowest BCUT2D eigenvalue weighted by Crippen LogP contribution is -2.34. The van der Waals surface area contributed by atoms with Gasteiger partial charge < -0.3 is 15.2 Å². The molecule has 0 spiro atoms. The molecule has 3 rings (SSSR count). The molecule has 0 saturated carbocycles. The molecule has 2 N–H and O–H groups in total. The average Bonchev–Trinajstić information content (AvgIpc) is 2.86. The number of nitrogens with two attached hydrogens (primary N) is 1. The summed E-state index contributed by atoms with van der Waals surface area (Å²) >= 11 is 0. The summed E-state index contributed by atoms with van der Waals surface area (Å²) in [6, 6.07) is 4.08. The Balaban J connectivity index is 1.80. The van der Waals surface area contributed by atoms with E-state index in [0.29, 0.717) is 0 Å². The monoisotopic (exact) mass is 244 g/mol. The van der Waals surface area contributed by atoms with Gasteiger partial charge in [-0.25, -0.2) is 4.98 Å². The van der Waals surface area contributed by atoms with Gasteiger partial charge in [0, 0.05) is 25.3 Å². The van der Waals surface area contributed by atoms with Crippen LogP contribution in [0.15, 0.2) is 24.7 Å². The zero-order chi connectivity index (χ0) is 12.5. The summed E-state index contributed by atoms with van der Waals surface area (Å²) in [5.74, 6) is 1.95. The molecule has 2 aromatic heterocycles. The number of fused-ring (bicyclic) bond motifs is 1. The van der Waals surface area contributed by atoms with Gasteiger partial charge in [0.1, 0.15) is 12.1 Å². The Labute approximate surface area is 105 Å². The summed E-state index contributed by atoms with van der Waals surface area (Å²) in [6.07, 6.45) is 3.62. The summed E-state index contributed by atoms with van der Waals surface area (Å²) in [7, 11) is 0. The topological polar surface area (TPSA) is 72.9 Å². The van der Waals surface area contributed by atoms with Crippen LogP contribution in [0, 0.1) is 0 Å². The van der Waals surface area contributed by atoms with Crippen LogP contribution in [0.2, 0.25) is 0 Å². The predicted molar refractivity (Wildman–Crippen MR) is 67.9 cm³/mol. The Morgan fingerprint density at radius 3 is 2.94 bits per heavy atom. The van der Waals surface area contributed by atoms with Gasteiger partial charge in [0.2, 0.25) is 0 Å². The number of rotatable bonds is 2. The fourth-order valence-electron chi connectivity index (χ4n) is 2.12. The molecule has 1 aliphatic rings. The first kappa shape index (κ1) is 11.2. The van der Waals surface area contributed by atoms with E-state index in [1.165, 1.54) is 0 Å². The second-order valence-electron chi connectivity index (χ2n) is 4.60. The SMILES string of the molecule is CC(N)c1ccc(N2CCn3cnnc3C2)nc1. The Morgan fingerprint density at radius 1 is 1.33 bits per heavy atom. The van der Waals surface area contributed by atoms with Crippen molar-refractivity contribution in [3.63, 3.8) is 0 Å². The Morgan fingerprint density at radius 2 is 2.22 bits per heavy atom. The molecule has 1 unspecified atom stereocenters. The number of pyridine rings is 1. The van der Waals surface area contributed by atoms with E-state index in [-0.39, 0.29) is 6.04 Å². The van der Waals surface area contributed by atoms with Crippen molar-refractivity contribution in [2.24, 2.45) is 5.73 Å². The molecule has 0 aromatic carbocycles. The van der Waals surface area contributed by atoms with Gasteiger partial charge in [0.15, 0.2) is 5.82 Å². The molecule has 6 heteroatoms. The molecule has 0 aliphatic carbocycles. The van der Waals surface area contributed by atoms with Crippen molar-refractivity contribution in [1.82, 2.24) is 19.7 Å². The van der Waals surface area contributed by atoms with Crippen molar-refractivity contribution in [3.8, 4) is 0 Å². The van der Waals surface area contributed by atoms with Crippen LogP contribution in [0.25, 0.3) is 0 Å². The van der Waals surface area contributed by atoms with E-state index in [0.717, 1.165) is 36.8 Å². The molecule has 1 atom stereocenters. The number of nitrogens with zero attached hydrogens (tertiary/aromatic N) is 5. The van der Waals surface area contributed by atoms with Gasteiger partial charge in [-0.3, -0.25) is 0 Å². The fraction of sp³-hybridized carbons (Fsp3) is 0.417. The van der Waals surface area contributed by atoms with Crippen LogP contribution in [0.4, 0.5) is 5.82 Å². The third-order valence-electron chi connectivity index (χ3n) is 3.26. The van der Waals surface area contributed by atoms with E-state index < -0.39 is 0 Å². The predicted octanol–water partition coefficient (Wildman–Crippen LogP) is 0.713. The number of anilines is 1. The van der Waals surface area contributed by atoms with Crippen molar-refractivity contribution < 1.29 is 0 Å². The van der Waals surface area contributed by atoms with Gasteiger partial charge >= 0.3 is 0 Å². The zero-order valence-corrected chi connectivity index (χ0v) is 10.3. The number of aromatic nitrogens is 4. The van der Waals surface area contributed by atoms with Gasteiger partial charge in [0.25, 0.3) is 0 Å². The third kappa shape index (κ3) is 1.95. The minimum Gasteiger partial charge on any atom is -0.347 e. The van der Waals surface area contributed by atoms with Crippen molar-refractivity contribution >= 4 is 5.82 Å². The first-order valence-corrected chi connectivity index (χ1v) is 6.07. The first-order valence-electron chi connectivity index (χ1n) is 6.07. The van der Waals surface area contributed by atoms with E-state index in [1.807, 2.05) is 25.3 Å². The van der Waals surface area contributed by atoms with Gasteiger partial charge in [-0.15, -0.1) is 10.2 Å². The van der Waals surface area contributed by atoms with Gasteiger partial charge in [0.05, 0.1) is 6.54 Å². The number of hydrogen-bond acceptors (Lipinski definition) is 5. The largest absolute Gasteiger partial charge is 0.347 e. The molecule has 0 radical (unpaired) electrons. The van der Waals surface area contributed by atoms with Gasteiger partial charge in [-0.2, -0.15) is 0 Å². The molecule has 18 heavy (non-hydrogen) atoms. The van der Waals surface area contributed by atoms with Crippen LogP contribution in [-0.4, -0.2) is 26.3 Å². The Kier molecular flexibility index (Phi) is 2.71. The smallest absolute Gasteiger partial charge is 0.152 e. The fourth-order valence-corrected chi connectivity index (χ4v) is 2.12. The molecular weight excluding hydrogens is 228 g/mol. The molecule has 0 bridgehead atoms. The standard InChI is InChI=1S/C12H16N6/c1-9(13)10-2-3-11(14-6-10)17-4-5-18-8-15-16-12(18)7-17/h2-3,6,8-9H,4-5,7,13H2,1H3. The van der Waals surface area contributed by atoms with Gasteiger partial charge in [-0.1, -0.05) is 6.07 Å². The van der Waals surface area contributed by atoms with E-state index >= 15 is 0 Å². The molecule has 6 nitrogen and oxygen atoms in total. The van der Waals surface area contributed by atoms with Crippen LogP contribution < -0.4 is 10.6 Å². The number of hydrogen-bond donors (Lipinski definition) is 1. The highest BCUT2D eigenvalue weighted by Gasteiger charge is 2.18. The molecule has 3 heterocycles. The maximum absolute atomic E-state index is 5.82. The van der Waals surface area contributed by atoms with Crippen molar-refractivity contribution in [3.05, 3.63) is 36.0 Å². The second-order valence-corrected chi connectivity index (χ2v) is 4.60. The van der Waals surface area contributed by atoms with E-state index in [2.05, 4.69) is 24.6 Å². The molecular formula is C12H16N6. The van der Waals surface area contributed by atoms with Crippen LogP contribution in [0.3, 0.4) is 0 Å². The minimum absolute atomic E-state index is 0.0241. The summed E-state index contributed by atoms with van der Waals surface area (Å²) in [4.78, 5) is 6.67. The van der Waals surface area contributed by atoms with E-state index in [1.54, 1.807) is 6.33 Å². The van der Waals surface area contributed by atoms with Crippen LogP contribution in [0.5, 0.6) is 0 Å². The van der Waals surface area contributed by atoms with Crippen LogP contribution in [-0.2, 0) is 13.1 Å². The van der Waals surface area contributed by atoms with Crippen molar-refractivity contribution in [2.45, 2.75) is 26.1 Å². The minimum atomic E-state index is 0.0241. The Hall–Kier alpha value is -1.95. The lowest BCUT2D eigenvalue weighted by Gasteiger charge is -2.28. The highest BCUT2D eigenvalue weighted by Crippen LogP contribution is 2.19. The summed E-state index contributed by atoms with van der Waals surface area (Å²) in [5, 5.41) is 8.02. The lowest BCUT2D eigenvalue weighted by molar-refractivity contribution is 0.556. The van der Waals surface area contributed by atoms with E-state index in [9.17, 15) is 0 Å². The summed E-state index contributed by atoms with van der Waals surface area (Å²) in [5.41, 5.74) is 6.87. The van der Waals surface area contributed by atoms with Crippen molar-refractivity contribution in [2.75, 3.05) is 11.4 Å². The molecule has 2 aromatic rings. The zero-order valence-electron chi connectivity index (χ0n) is 10.3. The molecule has 94 valence electrons. The lowest BCUT2D eigenvalue weighted by atomic mass is 10.1. The highest BCUT2D eigenvalue weighted by atomic mass is 15.3. The third-order valence-corrected chi connectivity index (χ3v) is 3.26. The average molecular weight is 244 g/mol. The van der Waals surface area contributed by atoms with E-state index in [4.69, 9.17) is 5.73 Å². The molecule has 0 amide bonds. The molecule has 0 saturated heterocycles. The van der Waals surface area contributed by atoms with Gasteiger partial charge in [-0.05, 0) is 18.6 Å². The first-order chi connectivity index (χ1) is 8.74. The molecule has 1 aliphatic heterocycles. The molecule has 0 fully saturated rings. The van der Waals surface area contributed by atoms with Crippen LogP contribution in [0.1, 0.15) is 24.4 Å².